The average molecular weight is 470 g/mol. The maximum absolute atomic E-state index is 12.6. The first-order valence-electron chi connectivity index (χ1n) is 9.89. The van der Waals surface area contributed by atoms with Crippen molar-refractivity contribution in [2.75, 3.05) is 18.4 Å². The van der Waals surface area contributed by atoms with Gasteiger partial charge in [0.2, 0.25) is 0 Å². The van der Waals surface area contributed by atoms with E-state index in [0.717, 1.165) is 0 Å². The summed E-state index contributed by atoms with van der Waals surface area (Å²) in [5.74, 6) is 0.265. The summed E-state index contributed by atoms with van der Waals surface area (Å²) < 4.78 is 37.9. The van der Waals surface area contributed by atoms with Gasteiger partial charge < -0.3 is 14.6 Å². The molecule has 3 aromatic rings. The molecule has 0 saturated heterocycles. The Morgan fingerprint density at radius 2 is 1.76 bits per heavy atom. The topological polar surface area (TPSA) is 126 Å². The molecule has 0 aliphatic carbocycles. The van der Waals surface area contributed by atoms with Crippen molar-refractivity contribution in [3.8, 4) is 17.2 Å². The maximum Gasteiger partial charge on any atom is 0.271 e. The number of hydrazone groups is 1. The van der Waals surface area contributed by atoms with E-state index < -0.39 is 15.9 Å². The number of rotatable bonds is 9. The molecule has 3 rings (SSSR count). The van der Waals surface area contributed by atoms with Crippen LogP contribution in [0.5, 0.6) is 17.2 Å². The smallest absolute Gasteiger partial charge is 0.271 e. The molecular formula is C23H23N3O6S. The number of carbonyl (C=O) groups is 1. The highest BCUT2D eigenvalue weighted by Gasteiger charge is 2.15. The number of phenols is 1. The number of benzene rings is 3. The van der Waals surface area contributed by atoms with Crippen LogP contribution < -0.4 is 19.6 Å². The van der Waals surface area contributed by atoms with Gasteiger partial charge in [-0.15, -0.1) is 0 Å². The SMILES string of the molecule is CCOc1ccc(S(=O)(=O)Nc2ccc(C(=O)N/N=C/c3cccc(OC)c3O)cc2)cc1. The number of amides is 1. The molecule has 0 spiro atoms. The Kier molecular flexibility index (Phi) is 7.52. The van der Waals surface area contributed by atoms with Gasteiger partial charge in [0, 0.05) is 16.8 Å². The van der Waals surface area contributed by atoms with Gasteiger partial charge in [-0.1, -0.05) is 6.07 Å². The molecular weight excluding hydrogens is 446 g/mol. The third-order valence-electron chi connectivity index (χ3n) is 4.46. The first-order valence-corrected chi connectivity index (χ1v) is 11.4. The molecule has 3 N–H and O–H groups in total. The van der Waals surface area contributed by atoms with Crippen LogP contribution in [0.2, 0.25) is 0 Å². The van der Waals surface area contributed by atoms with E-state index >= 15 is 0 Å². The molecule has 0 radical (unpaired) electrons. The third kappa shape index (κ3) is 6.01. The number of carbonyl (C=O) groups excluding carboxylic acids is 1. The second kappa shape index (κ2) is 10.5. The Morgan fingerprint density at radius 1 is 1.06 bits per heavy atom. The van der Waals surface area contributed by atoms with Gasteiger partial charge in [-0.3, -0.25) is 9.52 Å². The summed E-state index contributed by atoms with van der Waals surface area (Å²) >= 11 is 0. The fourth-order valence-corrected chi connectivity index (χ4v) is 3.88. The number of ether oxygens (including phenoxy) is 2. The van der Waals surface area contributed by atoms with Gasteiger partial charge >= 0.3 is 0 Å². The number of nitrogens with zero attached hydrogens (tertiary/aromatic N) is 1. The highest BCUT2D eigenvalue weighted by Crippen LogP contribution is 2.28. The molecule has 0 atom stereocenters. The number of para-hydroxylation sites is 1. The first kappa shape index (κ1) is 23.6. The van der Waals surface area contributed by atoms with E-state index in [1.165, 1.54) is 49.7 Å². The normalized spacial score (nSPS) is 11.2. The highest BCUT2D eigenvalue weighted by atomic mass is 32.2. The number of aromatic hydroxyl groups is 1. The Hall–Kier alpha value is -4.05. The largest absolute Gasteiger partial charge is 0.504 e. The van der Waals surface area contributed by atoms with Crippen molar-refractivity contribution < 1.29 is 27.8 Å². The summed E-state index contributed by atoms with van der Waals surface area (Å²) in [6.07, 6.45) is 1.29. The third-order valence-corrected chi connectivity index (χ3v) is 5.86. The van der Waals surface area contributed by atoms with Crippen molar-refractivity contribution in [1.29, 1.82) is 0 Å². The lowest BCUT2D eigenvalue weighted by Gasteiger charge is -2.09. The van der Waals surface area contributed by atoms with Crippen LogP contribution >= 0.6 is 0 Å². The molecule has 0 aliphatic rings. The second-order valence-electron chi connectivity index (χ2n) is 6.68. The van der Waals surface area contributed by atoms with E-state index in [1.54, 1.807) is 30.3 Å². The molecule has 0 bridgehead atoms. The predicted octanol–water partition coefficient (Wildman–Crippen LogP) is 3.36. The van der Waals surface area contributed by atoms with Gasteiger partial charge in [-0.2, -0.15) is 5.10 Å². The maximum atomic E-state index is 12.6. The number of methoxy groups -OCH3 is 1. The number of sulfonamides is 1. The van der Waals surface area contributed by atoms with Crippen molar-refractivity contribution in [2.24, 2.45) is 5.10 Å². The summed E-state index contributed by atoms with van der Waals surface area (Å²) in [6, 6.07) is 16.8. The van der Waals surface area contributed by atoms with Crippen molar-refractivity contribution in [1.82, 2.24) is 5.43 Å². The summed E-state index contributed by atoms with van der Waals surface area (Å²) in [5, 5.41) is 13.9. The zero-order valence-corrected chi connectivity index (χ0v) is 18.8. The molecule has 9 nitrogen and oxygen atoms in total. The molecule has 0 saturated carbocycles. The molecule has 0 heterocycles. The molecule has 0 aliphatic heterocycles. The summed E-state index contributed by atoms with van der Waals surface area (Å²) in [7, 11) is -2.37. The number of phenolic OH excluding ortho intramolecular Hbond substituents is 1. The zero-order chi connectivity index (χ0) is 23.8. The van der Waals surface area contributed by atoms with Gasteiger partial charge in [0.25, 0.3) is 15.9 Å². The fraction of sp³-hybridized carbons (Fsp3) is 0.130. The molecule has 0 unspecified atom stereocenters. The number of hydrogen-bond acceptors (Lipinski definition) is 7. The van der Waals surface area contributed by atoms with Crippen LogP contribution in [0, 0.1) is 0 Å². The van der Waals surface area contributed by atoms with Crippen molar-refractivity contribution in [2.45, 2.75) is 11.8 Å². The molecule has 172 valence electrons. The van der Waals surface area contributed by atoms with Crippen LogP contribution in [0.25, 0.3) is 0 Å². The molecule has 33 heavy (non-hydrogen) atoms. The highest BCUT2D eigenvalue weighted by molar-refractivity contribution is 7.92. The zero-order valence-electron chi connectivity index (χ0n) is 18.0. The van der Waals surface area contributed by atoms with Crippen molar-refractivity contribution in [3.05, 3.63) is 77.9 Å². The minimum absolute atomic E-state index is 0.0860. The van der Waals surface area contributed by atoms with Gasteiger partial charge in [-0.25, -0.2) is 13.8 Å². The van der Waals surface area contributed by atoms with E-state index in [4.69, 9.17) is 9.47 Å². The van der Waals surface area contributed by atoms with Gasteiger partial charge in [0.1, 0.15) is 5.75 Å². The van der Waals surface area contributed by atoms with E-state index in [-0.39, 0.29) is 22.0 Å². The predicted molar refractivity (Wildman–Crippen MR) is 125 cm³/mol. The molecule has 1 amide bonds. The standard InChI is InChI=1S/C23H23N3O6S/c1-3-32-19-11-13-20(14-12-19)33(29,30)26-18-9-7-16(8-10-18)23(28)25-24-15-17-5-4-6-21(31-2)22(17)27/h4-15,26-27H,3H2,1-2H3,(H,25,28)/b24-15+. The van der Waals surface area contributed by atoms with Crippen LogP contribution in [-0.4, -0.2) is 39.4 Å². The van der Waals surface area contributed by atoms with Gasteiger partial charge in [0.15, 0.2) is 11.5 Å². The average Bonchev–Trinajstić information content (AvgIpc) is 2.81. The summed E-state index contributed by atoms with van der Waals surface area (Å²) in [4.78, 5) is 12.4. The van der Waals surface area contributed by atoms with Gasteiger partial charge in [-0.05, 0) is 67.6 Å². The molecule has 0 fully saturated rings. The minimum atomic E-state index is -3.80. The van der Waals surface area contributed by atoms with E-state index in [9.17, 15) is 18.3 Å². The molecule has 10 heteroatoms. The first-order chi connectivity index (χ1) is 15.8. The van der Waals surface area contributed by atoms with E-state index in [2.05, 4.69) is 15.2 Å². The Bertz CT molecular complexity index is 1240. The summed E-state index contributed by atoms with van der Waals surface area (Å²) in [5.41, 5.74) is 3.28. The number of hydrogen-bond donors (Lipinski definition) is 3. The fourth-order valence-electron chi connectivity index (χ4n) is 2.82. The van der Waals surface area contributed by atoms with E-state index in [1.807, 2.05) is 6.92 Å². The van der Waals surface area contributed by atoms with E-state index in [0.29, 0.717) is 23.6 Å². The van der Waals surface area contributed by atoms with Crippen LogP contribution in [0.1, 0.15) is 22.8 Å². The Labute approximate surface area is 191 Å². The monoisotopic (exact) mass is 469 g/mol. The second-order valence-corrected chi connectivity index (χ2v) is 8.37. The Balaban J connectivity index is 1.63. The molecule has 0 aromatic heterocycles. The van der Waals surface area contributed by atoms with Crippen molar-refractivity contribution in [3.63, 3.8) is 0 Å². The lowest BCUT2D eigenvalue weighted by molar-refractivity contribution is 0.0955. The quantitative estimate of drug-likeness (QED) is 0.326. The number of nitrogens with one attached hydrogen (secondary N) is 2. The van der Waals surface area contributed by atoms with Crippen LogP contribution in [0.3, 0.4) is 0 Å². The Morgan fingerprint density at radius 3 is 2.39 bits per heavy atom. The van der Waals surface area contributed by atoms with Crippen LogP contribution in [0.4, 0.5) is 5.69 Å². The summed E-state index contributed by atoms with van der Waals surface area (Å²) in [6.45, 7) is 2.33. The lowest BCUT2D eigenvalue weighted by atomic mass is 10.2. The van der Waals surface area contributed by atoms with Gasteiger partial charge in [0.05, 0.1) is 24.8 Å². The molecule has 3 aromatic carbocycles. The van der Waals surface area contributed by atoms with Crippen LogP contribution in [-0.2, 0) is 10.0 Å². The number of anilines is 1. The van der Waals surface area contributed by atoms with Crippen molar-refractivity contribution >= 4 is 27.8 Å². The minimum Gasteiger partial charge on any atom is -0.504 e. The lowest BCUT2D eigenvalue weighted by Crippen LogP contribution is -2.18. The van der Waals surface area contributed by atoms with Crippen LogP contribution in [0.15, 0.2) is 76.7 Å².